The second-order valence-corrected chi connectivity index (χ2v) is 10.6. The Hall–Kier alpha value is -2.49. The molecule has 0 N–H and O–H groups in total. The summed E-state index contributed by atoms with van der Waals surface area (Å²) in [6.07, 6.45) is -5.04. The van der Waals surface area contributed by atoms with Gasteiger partial charge in [-0.1, -0.05) is 30.3 Å². The Kier molecular flexibility index (Phi) is 9.83. The monoisotopic (exact) mass is 494 g/mol. The summed E-state index contributed by atoms with van der Waals surface area (Å²) in [4.78, 5) is 37.2. The van der Waals surface area contributed by atoms with E-state index in [4.69, 9.17) is 28.4 Å². The number of carbonyl (C=O) groups is 3. The maximum atomic E-state index is 12.7. The fraction of sp³-hybridized carbons (Fsp3) is 0.654. The zero-order chi connectivity index (χ0) is 26.4. The Morgan fingerprint density at radius 3 is 2.00 bits per heavy atom. The largest absolute Gasteiger partial charge is 0.457 e. The van der Waals surface area contributed by atoms with E-state index in [1.165, 1.54) is 14.0 Å². The third kappa shape index (κ3) is 8.30. The minimum absolute atomic E-state index is 0.0150. The molecule has 0 saturated carbocycles. The van der Waals surface area contributed by atoms with Crippen molar-refractivity contribution in [3.05, 3.63) is 35.9 Å². The lowest BCUT2D eigenvalue weighted by Gasteiger charge is -2.28. The Morgan fingerprint density at radius 2 is 1.49 bits per heavy atom. The summed E-state index contributed by atoms with van der Waals surface area (Å²) >= 11 is 0. The summed E-state index contributed by atoms with van der Waals surface area (Å²) in [5.41, 5.74) is -0.696. The van der Waals surface area contributed by atoms with Crippen LogP contribution in [-0.2, 0) is 49.4 Å². The van der Waals surface area contributed by atoms with Gasteiger partial charge < -0.3 is 28.4 Å². The van der Waals surface area contributed by atoms with Crippen LogP contribution < -0.4 is 0 Å². The lowest BCUT2D eigenvalue weighted by atomic mass is 9.96. The Balaban J connectivity index is 2.28. The lowest BCUT2D eigenvalue weighted by molar-refractivity contribution is -0.212. The van der Waals surface area contributed by atoms with Crippen LogP contribution in [0.3, 0.4) is 0 Å². The van der Waals surface area contributed by atoms with Crippen LogP contribution >= 0.6 is 0 Å². The molecule has 9 heteroatoms. The number of ether oxygens (including phenoxy) is 6. The van der Waals surface area contributed by atoms with E-state index < -0.39 is 59.4 Å². The van der Waals surface area contributed by atoms with Gasteiger partial charge in [-0.15, -0.1) is 0 Å². The molecule has 0 unspecified atom stereocenters. The summed E-state index contributed by atoms with van der Waals surface area (Å²) in [6, 6.07) is 9.51. The van der Waals surface area contributed by atoms with Gasteiger partial charge in [0.2, 0.25) is 6.29 Å². The minimum Gasteiger partial charge on any atom is -0.457 e. The smallest absolute Gasteiger partial charge is 0.313 e. The molecule has 0 aromatic heterocycles. The lowest BCUT2D eigenvalue weighted by Crippen LogP contribution is -2.46. The van der Waals surface area contributed by atoms with Crippen molar-refractivity contribution in [1.82, 2.24) is 0 Å². The second-order valence-electron chi connectivity index (χ2n) is 10.6. The van der Waals surface area contributed by atoms with Crippen molar-refractivity contribution in [3.8, 4) is 0 Å². The Morgan fingerprint density at radius 1 is 0.914 bits per heavy atom. The van der Waals surface area contributed by atoms with Crippen LogP contribution in [0.1, 0.15) is 54.0 Å². The molecule has 1 aliphatic heterocycles. The number of carbonyl (C=O) groups excluding carboxylic acids is 3. The number of esters is 3. The van der Waals surface area contributed by atoms with Crippen LogP contribution in [0.4, 0.5) is 0 Å². The molecule has 0 spiro atoms. The Labute approximate surface area is 207 Å². The van der Waals surface area contributed by atoms with Crippen molar-refractivity contribution in [2.24, 2.45) is 10.8 Å². The van der Waals surface area contributed by atoms with Gasteiger partial charge in [-0.3, -0.25) is 14.4 Å². The predicted molar refractivity (Wildman–Crippen MR) is 126 cm³/mol. The first kappa shape index (κ1) is 28.7. The maximum Gasteiger partial charge on any atom is 0.313 e. The van der Waals surface area contributed by atoms with Crippen molar-refractivity contribution in [2.45, 2.75) is 85.8 Å². The third-order valence-electron chi connectivity index (χ3n) is 5.25. The molecular formula is C26H38O9. The zero-order valence-electron chi connectivity index (χ0n) is 21.9. The van der Waals surface area contributed by atoms with E-state index in [0.717, 1.165) is 5.56 Å². The summed E-state index contributed by atoms with van der Waals surface area (Å²) in [5, 5.41) is 0. The van der Waals surface area contributed by atoms with Gasteiger partial charge in [0.15, 0.2) is 12.2 Å². The highest BCUT2D eigenvalue weighted by atomic mass is 16.8. The van der Waals surface area contributed by atoms with Gasteiger partial charge in [-0.25, -0.2) is 0 Å². The van der Waals surface area contributed by atoms with Gasteiger partial charge in [0.25, 0.3) is 0 Å². The highest BCUT2D eigenvalue weighted by Gasteiger charge is 2.54. The number of rotatable bonds is 9. The van der Waals surface area contributed by atoms with E-state index in [-0.39, 0.29) is 13.2 Å². The van der Waals surface area contributed by atoms with Crippen molar-refractivity contribution in [2.75, 3.05) is 13.7 Å². The molecule has 196 valence electrons. The molecule has 2 rings (SSSR count). The van der Waals surface area contributed by atoms with Crippen molar-refractivity contribution in [1.29, 1.82) is 0 Å². The van der Waals surface area contributed by atoms with Gasteiger partial charge >= 0.3 is 17.9 Å². The summed E-state index contributed by atoms with van der Waals surface area (Å²) in [5.74, 6) is -1.61. The summed E-state index contributed by atoms with van der Waals surface area (Å²) < 4.78 is 34.3. The molecule has 0 aliphatic carbocycles. The quantitative estimate of drug-likeness (QED) is 0.377. The first-order chi connectivity index (χ1) is 16.2. The van der Waals surface area contributed by atoms with Crippen molar-refractivity contribution >= 4 is 17.9 Å². The molecule has 1 saturated heterocycles. The van der Waals surface area contributed by atoms with Crippen LogP contribution in [0, 0.1) is 10.8 Å². The number of hydrogen-bond acceptors (Lipinski definition) is 9. The molecule has 1 aliphatic rings. The van der Waals surface area contributed by atoms with Crippen molar-refractivity contribution in [3.63, 3.8) is 0 Å². The SMILES string of the molecule is CO[C@H]1[C@@H](OC(=O)C(C)(C)C)[C@@H](OC(=O)C(C)(C)C)O[C@@H]1[C@H](COCc1ccccc1)OC(C)=O. The number of methoxy groups -OCH3 is 1. The van der Waals surface area contributed by atoms with Gasteiger partial charge in [-0.05, 0) is 47.1 Å². The molecule has 1 fully saturated rings. The van der Waals surface area contributed by atoms with Crippen LogP contribution in [-0.4, -0.2) is 62.3 Å². The molecule has 1 aromatic rings. The average Bonchev–Trinajstić information content (AvgIpc) is 3.09. The minimum atomic E-state index is -1.25. The van der Waals surface area contributed by atoms with E-state index in [2.05, 4.69) is 0 Å². The van der Waals surface area contributed by atoms with Crippen LogP contribution in [0.25, 0.3) is 0 Å². The molecule has 35 heavy (non-hydrogen) atoms. The molecular weight excluding hydrogens is 456 g/mol. The maximum absolute atomic E-state index is 12.7. The van der Waals surface area contributed by atoms with E-state index >= 15 is 0 Å². The molecule has 1 aromatic carbocycles. The first-order valence-electron chi connectivity index (χ1n) is 11.6. The zero-order valence-corrected chi connectivity index (χ0v) is 21.9. The standard InChI is InChI=1S/C26H38O9/c1-16(27)32-18(15-31-14-17-12-10-9-11-13-17)19-20(30-8)21(34-23(28)25(2,3)4)22(33-19)35-24(29)26(5,6)7/h9-13,18-22H,14-15H2,1-8H3/t18-,19+,20+,21+,22+/m0/s1. The third-order valence-corrected chi connectivity index (χ3v) is 5.25. The first-order valence-corrected chi connectivity index (χ1v) is 11.6. The van der Waals surface area contributed by atoms with Crippen LogP contribution in [0.5, 0.6) is 0 Å². The van der Waals surface area contributed by atoms with Gasteiger partial charge in [0.05, 0.1) is 24.0 Å². The summed E-state index contributed by atoms with van der Waals surface area (Å²) in [6.45, 7) is 11.8. The van der Waals surface area contributed by atoms with Gasteiger partial charge in [0.1, 0.15) is 12.2 Å². The van der Waals surface area contributed by atoms with E-state index in [0.29, 0.717) is 0 Å². The highest BCUT2D eigenvalue weighted by molar-refractivity contribution is 5.76. The Bertz CT molecular complexity index is 854. The van der Waals surface area contributed by atoms with Crippen LogP contribution in [0.15, 0.2) is 30.3 Å². The van der Waals surface area contributed by atoms with Gasteiger partial charge in [0, 0.05) is 14.0 Å². The van der Waals surface area contributed by atoms with Crippen molar-refractivity contribution < 1.29 is 42.8 Å². The average molecular weight is 495 g/mol. The highest BCUT2D eigenvalue weighted by Crippen LogP contribution is 2.33. The number of benzene rings is 1. The fourth-order valence-electron chi connectivity index (χ4n) is 3.30. The van der Waals surface area contributed by atoms with E-state index in [9.17, 15) is 14.4 Å². The topological polar surface area (TPSA) is 107 Å². The molecule has 9 nitrogen and oxygen atoms in total. The second kappa shape index (κ2) is 12.0. The van der Waals surface area contributed by atoms with Crippen LogP contribution in [0.2, 0.25) is 0 Å². The summed E-state index contributed by atoms with van der Waals surface area (Å²) in [7, 11) is 1.42. The molecule has 0 amide bonds. The fourth-order valence-corrected chi connectivity index (χ4v) is 3.30. The molecule has 5 atom stereocenters. The normalized spacial score (nSPS) is 23.4. The van der Waals surface area contributed by atoms with E-state index in [1.54, 1.807) is 41.5 Å². The number of hydrogen-bond donors (Lipinski definition) is 0. The van der Waals surface area contributed by atoms with Gasteiger partial charge in [-0.2, -0.15) is 0 Å². The van der Waals surface area contributed by atoms with E-state index in [1.807, 2.05) is 30.3 Å². The molecule has 1 heterocycles. The predicted octanol–water partition coefficient (Wildman–Crippen LogP) is 3.42. The molecule has 0 bridgehead atoms. The molecule has 0 radical (unpaired) electrons.